The number of rotatable bonds is 4. The number of benzene rings is 1. The van der Waals surface area contributed by atoms with Gasteiger partial charge in [-0.1, -0.05) is 23.9 Å². The molecule has 3 heterocycles. The highest BCUT2D eigenvalue weighted by Gasteiger charge is 2.38. The molecule has 0 aromatic heterocycles. The van der Waals surface area contributed by atoms with Crippen LogP contribution >= 0.6 is 23.5 Å². The molecule has 0 saturated carbocycles. The molecule has 2 fully saturated rings. The minimum atomic E-state index is -0.332. The van der Waals surface area contributed by atoms with E-state index in [9.17, 15) is 9.59 Å². The van der Waals surface area contributed by atoms with Gasteiger partial charge in [0, 0.05) is 16.6 Å². The van der Waals surface area contributed by atoms with Crippen LogP contribution in [0, 0.1) is 5.92 Å². The Bertz CT molecular complexity index is 684. The van der Waals surface area contributed by atoms with Crippen molar-refractivity contribution in [2.24, 2.45) is 5.92 Å². The second-order valence-electron chi connectivity index (χ2n) is 7.42. The van der Waals surface area contributed by atoms with Crippen LogP contribution in [0.2, 0.25) is 0 Å². The summed E-state index contributed by atoms with van der Waals surface area (Å²) in [5.74, 6) is 0.803. The van der Waals surface area contributed by atoms with Crippen molar-refractivity contribution in [1.82, 2.24) is 15.5 Å². The number of thioether (sulfide) groups is 2. The summed E-state index contributed by atoms with van der Waals surface area (Å²) >= 11 is 3.20. The first kappa shape index (κ1) is 19.0. The van der Waals surface area contributed by atoms with E-state index in [2.05, 4.69) is 27.9 Å². The number of hydrogen-bond acceptors (Lipinski definition) is 6. The molecule has 0 radical (unpaired) electrons. The molecule has 6 nitrogen and oxygen atoms in total. The Morgan fingerprint density at radius 2 is 1.89 bits per heavy atom. The fourth-order valence-electron chi connectivity index (χ4n) is 3.78. The first-order chi connectivity index (χ1) is 13.1. The molecule has 8 heteroatoms. The number of fused-ring (bicyclic) bond motifs is 1. The average molecular weight is 407 g/mol. The van der Waals surface area contributed by atoms with Gasteiger partial charge in [0.1, 0.15) is 0 Å². The third-order valence-corrected chi connectivity index (χ3v) is 7.89. The quantitative estimate of drug-likeness (QED) is 0.710. The highest BCUT2D eigenvalue weighted by atomic mass is 32.2. The van der Waals surface area contributed by atoms with Gasteiger partial charge in [0.05, 0.1) is 11.3 Å². The minimum absolute atomic E-state index is 0.0484. The Kier molecular flexibility index (Phi) is 5.85. The average Bonchev–Trinajstić information content (AvgIpc) is 3.30. The molecule has 3 N–H and O–H groups in total. The van der Waals surface area contributed by atoms with Crippen molar-refractivity contribution in [3.05, 3.63) is 24.3 Å². The summed E-state index contributed by atoms with van der Waals surface area (Å²) in [7, 11) is 2.12. The summed E-state index contributed by atoms with van der Waals surface area (Å²) in [5, 5.41) is 9.10. The summed E-state index contributed by atoms with van der Waals surface area (Å²) in [5.41, 5.74) is 0.998. The number of hydrogen-bond donors (Lipinski definition) is 3. The monoisotopic (exact) mass is 406 g/mol. The maximum Gasteiger partial charge on any atom is 0.254 e. The van der Waals surface area contributed by atoms with E-state index < -0.39 is 0 Å². The number of piperidine rings is 1. The topological polar surface area (TPSA) is 73.5 Å². The van der Waals surface area contributed by atoms with Crippen molar-refractivity contribution in [1.29, 1.82) is 0 Å². The van der Waals surface area contributed by atoms with Gasteiger partial charge >= 0.3 is 0 Å². The summed E-state index contributed by atoms with van der Waals surface area (Å²) < 4.78 is 0. The van der Waals surface area contributed by atoms with Crippen LogP contribution in [0.5, 0.6) is 0 Å². The van der Waals surface area contributed by atoms with E-state index in [1.54, 1.807) is 11.8 Å². The maximum atomic E-state index is 12.8. The third-order valence-electron chi connectivity index (χ3n) is 5.43. The molecule has 1 aromatic rings. The van der Waals surface area contributed by atoms with Crippen molar-refractivity contribution in [2.45, 2.75) is 40.9 Å². The third kappa shape index (κ3) is 4.38. The van der Waals surface area contributed by atoms with Crippen LogP contribution in [-0.2, 0) is 9.59 Å². The molecule has 27 heavy (non-hydrogen) atoms. The number of amides is 2. The number of nitrogens with one attached hydrogen (secondary N) is 3. The molecule has 3 aliphatic rings. The van der Waals surface area contributed by atoms with Crippen LogP contribution in [0.3, 0.4) is 0 Å². The second kappa shape index (κ2) is 8.32. The predicted octanol–water partition coefficient (Wildman–Crippen LogP) is 1.94. The summed E-state index contributed by atoms with van der Waals surface area (Å²) in [6.45, 7) is 2.05. The molecule has 1 aromatic carbocycles. The molecular weight excluding hydrogens is 380 g/mol. The number of carbonyl (C=O) groups excluding carboxylic acids is 2. The molecule has 0 aliphatic carbocycles. The lowest BCUT2D eigenvalue weighted by Crippen LogP contribution is -2.50. The molecule has 2 amide bonds. The Balaban J connectivity index is 1.31. The zero-order valence-electron chi connectivity index (χ0n) is 15.4. The standard InChI is InChI=1S/C19H26N4O2S2/c1-23-9-6-12(7-10-23)20-16(24)13-8-11-26-18(13)22-17(25)19-21-14-4-2-3-5-15(14)27-19/h2-5,12-13,18-19,21H,6-11H2,1H3,(H,20,24)(H,22,25). The van der Waals surface area contributed by atoms with Crippen LogP contribution in [0.25, 0.3) is 0 Å². The van der Waals surface area contributed by atoms with E-state index in [-0.39, 0.29) is 34.5 Å². The lowest BCUT2D eigenvalue weighted by Gasteiger charge is -2.31. The zero-order valence-corrected chi connectivity index (χ0v) is 17.1. The fourth-order valence-corrected chi connectivity index (χ4v) is 6.14. The van der Waals surface area contributed by atoms with Gasteiger partial charge in [-0.15, -0.1) is 11.8 Å². The van der Waals surface area contributed by atoms with Crippen molar-refractivity contribution in [2.75, 3.05) is 31.2 Å². The van der Waals surface area contributed by atoms with Crippen LogP contribution in [-0.4, -0.2) is 59.4 Å². The van der Waals surface area contributed by atoms with Crippen molar-refractivity contribution in [3.63, 3.8) is 0 Å². The van der Waals surface area contributed by atoms with E-state index in [1.807, 2.05) is 24.3 Å². The summed E-state index contributed by atoms with van der Waals surface area (Å²) in [6.07, 6.45) is 2.82. The van der Waals surface area contributed by atoms with Gasteiger partial charge in [-0.05, 0) is 57.3 Å². The molecule has 4 rings (SSSR count). The summed E-state index contributed by atoms with van der Waals surface area (Å²) in [6, 6.07) is 8.20. The fraction of sp³-hybridized carbons (Fsp3) is 0.579. The molecule has 0 bridgehead atoms. The van der Waals surface area contributed by atoms with Gasteiger partial charge in [-0.2, -0.15) is 0 Å². The van der Waals surface area contributed by atoms with Gasteiger partial charge in [0.2, 0.25) is 5.91 Å². The first-order valence-electron chi connectivity index (χ1n) is 9.53. The zero-order chi connectivity index (χ0) is 18.8. The number of nitrogens with zero attached hydrogens (tertiary/aromatic N) is 1. The number of likely N-dealkylation sites (tertiary alicyclic amines) is 1. The Hall–Kier alpha value is -1.38. The van der Waals surface area contributed by atoms with Gasteiger partial charge in [-0.3, -0.25) is 9.59 Å². The molecule has 3 unspecified atom stereocenters. The Labute approximate surface area is 168 Å². The van der Waals surface area contributed by atoms with E-state index in [0.29, 0.717) is 0 Å². The molecule has 146 valence electrons. The van der Waals surface area contributed by atoms with Crippen molar-refractivity contribution in [3.8, 4) is 0 Å². The molecule has 0 spiro atoms. The van der Waals surface area contributed by atoms with Gasteiger partial charge in [0.25, 0.3) is 5.91 Å². The van der Waals surface area contributed by atoms with Gasteiger partial charge in [-0.25, -0.2) is 0 Å². The number of para-hydroxylation sites is 1. The maximum absolute atomic E-state index is 12.8. The van der Waals surface area contributed by atoms with E-state index >= 15 is 0 Å². The lowest BCUT2D eigenvalue weighted by atomic mass is 10.0. The van der Waals surface area contributed by atoms with Crippen molar-refractivity contribution < 1.29 is 9.59 Å². The SMILES string of the molecule is CN1CCC(NC(=O)C2CCSC2NC(=O)C2Nc3ccccc3S2)CC1. The molecule has 3 aliphatic heterocycles. The Morgan fingerprint density at radius 1 is 1.11 bits per heavy atom. The minimum Gasteiger partial charge on any atom is -0.364 e. The second-order valence-corrected chi connectivity index (χ2v) is 9.82. The van der Waals surface area contributed by atoms with E-state index in [1.165, 1.54) is 11.8 Å². The highest BCUT2D eigenvalue weighted by molar-refractivity contribution is 8.01. The number of carbonyl (C=O) groups is 2. The predicted molar refractivity (Wildman–Crippen MR) is 111 cm³/mol. The smallest absolute Gasteiger partial charge is 0.254 e. The Morgan fingerprint density at radius 3 is 2.67 bits per heavy atom. The highest BCUT2D eigenvalue weighted by Crippen LogP contribution is 2.38. The van der Waals surface area contributed by atoms with Crippen LogP contribution in [0.4, 0.5) is 5.69 Å². The van der Waals surface area contributed by atoms with Crippen LogP contribution in [0.15, 0.2) is 29.2 Å². The summed E-state index contributed by atoms with van der Waals surface area (Å²) in [4.78, 5) is 28.9. The van der Waals surface area contributed by atoms with Gasteiger partial charge < -0.3 is 20.9 Å². The van der Waals surface area contributed by atoms with E-state index in [4.69, 9.17) is 0 Å². The number of anilines is 1. The van der Waals surface area contributed by atoms with E-state index in [0.717, 1.165) is 48.7 Å². The van der Waals surface area contributed by atoms with Crippen molar-refractivity contribution >= 4 is 41.0 Å². The van der Waals surface area contributed by atoms with Crippen LogP contribution in [0.1, 0.15) is 19.3 Å². The molecule has 3 atom stereocenters. The molecular formula is C19H26N4O2S2. The lowest BCUT2D eigenvalue weighted by molar-refractivity contribution is -0.126. The molecule has 2 saturated heterocycles. The first-order valence-corrected chi connectivity index (χ1v) is 11.5. The van der Waals surface area contributed by atoms with Gasteiger partial charge in [0.15, 0.2) is 5.37 Å². The van der Waals surface area contributed by atoms with Crippen LogP contribution < -0.4 is 16.0 Å². The largest absolute Gasteiger partial charge is 0.364 e. The normalized spacial score (nSPS) is 28.4.